The van der Waals surface area contributed by atoms with Gasteiger partial charge in [0, 0.05) is 5.56 Å². The quantitative estimate of drug-likeness (QED) is 0.447. The van der Waals surface area contributed by atoms with Gasteiger partial charge in [0.1, 0.15) is 11.5 Å². The van der Waals surface area contributed by atoms with Gasteiger partial charge in [0.15, 0.2) is 5.76 Å². The molecule has 0 bridgehead atoms. The minimum atomic E-state index is -1.61. The number of hydrogen-bond donors (Lipinski definition) is 4. The lowest BCUT2D eigenvalue weighted by Crippen LogP contribution is -2.26. The van der Waals surface area contributed by atoms with Crippen molar-refractivity contribution in [2.45, 2.75) is 13.2 Å². The van der Waals surface area contributed by atoms with Gasteiger partial charge in [-0.2, -0.15) is 0 Å². The first kappa shape index (κ1) is 14.9. The largest absolute Gasteiger partial charge is 0.507 e. The van der Waals surface area contributed by atoms with E-state index in [-0.39, 0.29) is 16.9 Å². The van der Waals surface area contributed by atoms with Crippen LogP contribution in [0.4, 0.5) is 0 Å². The maximum Gasteiger partial charge on any atom is 0.272 e. The Labute approximate surface area is 129 Å². The highest BCUT2D eigenvalue weighted by Crippen LogP contribution is 2.48. The zero-order chi connectivity index (χ0) is 17.0. The number of carbonyl (C=O) groups excluding carboxylic acids is 2. The third-order valence-electron chi connectivity index (χ3n) is 3.71. The highest BCUT2D eigenvalue weighted by molar-refractivity contribution is 6.52. The first-order chi connectivity index (χ1) is 10.8. The predicted octanol–water partition coefficient (Wildman–Crippen LogP) is 1.12. The molecule has 8 nitrogen and oxygen atoms in total. The van der Waals surface area contributed by atoms with Crippen LogP contribution >= 0.6 is 0 Å². The minimum Gasteiger partial charge on any atom is -0.507 e. The lowest BCUT2D eigenvalue weighted by Gasteiger charge is -2.27. The number of phenolic OH excluding ortho intramolecular Hbond substituents is 2. The monoisotopic (exact) mass is 320 g/mol. The second-order valence-electron chi connectivity index (χ2n) is 5.04. The van der Waals surface area contributed by atoms with E-state index in [1.807, 2.05) is 0 Å². The van der Waals surface area contributed by atoms with E-state index < -0.39 is 52.0 Å². The van der Waals surface area contributed by atoms with E-state index in [1.165, 1.54) is 13.0 Å². The van der Waals surface area contributed by atoms with Crippen molar-refractivity contribution in [2.75, 3.05) is 7.11 Å². The summed E-state index contributed by atoms with van der Waals surface area (Å²) in [6.45, 7) is 1.50. The predicted molar refractivity (Wildman–Crippen MR) is 75.4 cm³/mol. The average molecular weight is 320 g/mol. The molecule has 8 heteroatoms. The number of carbonyl (C=O) groups is 2. The van der Waals surface area contributed by atoms with Gasteiger partial charge in [0.2, 0.25) is 17.8 Å². The molecule has 0 fully saturated rings. The zero-order valence-electron chi connectivity index (χ0n) is 12.1. The molecule has 1 aromatic carbocycles. The molecule has 23 heavy (non-hydrogen) atoms. The topological polar surface area (TPSA) is 134 Å². The van der Waals surface area contributed by atoms with Crippen molar-refractivity contribution in [3.05, 3.63) is 33.8 Å². The number of rotatable bonds is 1. The van der Waals surface area contributed by atoms with Gasteiger partial charge in [-0.25, -0.2) is 0 Å². The summed E-state index contributed by atoms with van der Waals surface area (Å²) in [6, 6.07) is 0. The van der Waals surface area contributed by atoms with Crippen molar-refractivity contribution in [1.29, 1.82) is 0 Å². The van der Waals surface area contributed by atoms with Crippen LogP contribution in [0.15, 0.2) is 11.5 Å². The fraction of sp³-hybridized carbons (Fsp3) is 0.200. The molecule has 1 unspecified atom stereocenters. The van der Waals surface area contributed by atoms with E-state index in [9.17, 15) is 30.0 Å². The van der Waals surface area contributed by atoms with Crippen LogP contribution in [0.1, 0.15) is 40.3 Å². The maximum atomic E-state index is 12.2. The Hall–Kier alpha value is -3.00. The number of fused-ring (bicyclic) bond motifs is 2. The van der Waals surface area contributed by atoms with Crippen LogP contribution in [0.2, 0.25) is 0 Å². The van der Waals surface area contributed by atoms with Crippen molar-refractivity contribution in [2.24, 2.45) is 0 Å². The van der Waals surface area contributed by atoms with Crippen LogP contribution < -0.4 is 0 Å². The summed E-state index contributed by atoms with van der Waals surface area (Å²) >= 11 is 0. The van der Waals surface area contributed by atoms with Crippen LogP contribution in [0.5, 0.6) is 11.5 Å². The number of benzene rings is 1. The molecule has 0 saturated heterocycles. The van der Waals surface area contributed by atoms with Gasteiger partial charge < -0.3 is 29.9 Å². The van der Waals surface area contributed by atoms with E-state index in [2.05, 4.69) is 4.74 Å². The van der Waals surface area contributed by atoms with Crippen LogP contribution in [-0.4, -0.2) is 39.1 Å². The fourth-order valence-electron chi connectivity index (χ4n) is 2.71. The van der Waals surface area contributed by atoms with Gasteiger partial charge in [-0.15, -0.1) is 0 Å². The van der Waals surface area contributed by atoms with Crippen LogP contribution in [0.3, 0.4) is 0 Å². The number of methoxy groups -OCH3 is 1. The standard InChI is InChI=1S/C15H12O8/c1-4-3-5-6(15(21)23-4)10(17)8-7(9(5)16)11(18)13(20)14(22-2)12(8)19/h3,15-17,19,21H,1-2H3. The van der Waals surface area contributed by atoms with Gasteiger partial charge >= 0.3 is 0 Å². The number of aliphatic hydroxyl groups excluding tert-OH is 2. The Balaban J connectivity index is 2.47. The summed E-state index contributed by atoms with van der Waals surface area (Å²) < 4.78 is 9.73. The normalized spacial score (nSPS) is 19.8. The van der Waals surface area contributed by atoms with Gasteiger partial charge in [-0.1, -0.05) is 0 Å². The Kier molecular flexibility index (Phi) is 3.08. The first-order valence-corrected chi connectivity index (χ1v) is 6.51. The fourth-order valence-corrected chi connectivity index (χ4v) is 2.71. The van der Waals surface area contributed by atoms with Crippen LogP contribution in [-0.2, 0) is 14.3 Å². The number of aliphatic hydroxyl groups is 2. The van der Waals surface area contributed by atoms with Crippen molar-refractivity contribution in [3.63, 3.8) is 0 Å². The van der Waals surface area contributed by atoms with Crippen molar-refractivity contribution >= 4 is 23.4 Å². The average Bonchev–Trinajstić information content (AvgIpc) is 2.48. The second-order valence-corrected chi connectivity index (χ2v) is 5.04. The summed E-state index contributed by atoms with van der Waals surface area (Å²) in [5, 5.41) is 40.8. The lowest BCUT2D eigenvalue weighted by atomic mass is 9.85. The Morgan fingerprint density at radius 3 is 2.35 bits per heavy atom. The van der Waals surface area contributed by atoms with Crippen LogP contribution in [0, 0.1) is 0 Å². The van der Waals surface area contributed by atoms with Gasteiger partial charge in [0.25, 0.3) is 5.78 Å². The molecule has 0 amide bonds. The Morgan fingerprint density at radius 2 is 1.74 bits per heavy atom. The summed E-state index contributed by atoms with van der Waals surface area (Å²) in [6.07, 6.45) is -0.320. The van der Waals surface area contributed by atoms with E-state index in [0.29, 0.717) is 0 Å². The molecule has 2 aliphatic rings. The molecule has 0 aromatic heterocycles. The molecule has 0 spiro atoms. The summed E-state index contributed by atoms with van der Waals surface area (Å²) in [7, 11) is 1.07. The molecule has 1 aliphatic carbocycles. The van der Waals surface area contributed by atoms with E-state index in [1.54, 1.807) is 0 Å². The smallest absolute Gasteiger partial charge is 0.272 e. The number of allylic oxidation sites excluding steroid dienone is 2. The molecule has 1 aromatic rings. The molecule has 120 valence electrons. The molecule has 3 rings (SSSR count). The number of ketones is 2. The van der Waals surface area contributed by atoms with Crippen molar-refractivity contribution in [1.82, 2.24) is 0 Å². The van der Waals surface area contributed by atoms with Gasteiger partial charge in [-0.3, -0.25) is 9.59 Å². The Morgan fingerprint density at radius 1 is 1.09 bits per heavy atom. The van der Waals surface area contributed by atoms with Crippen molar-refractivity contribution in [3.8, 4) is 11.5 Å². The number of phenols is 2. The number of ether oxygens (including phenoxy) is 2. The van der Waals surface area contributed by atoms with E-state index >= 15 is 0 Å². The number of aromatic hydroxyl groups is 2. The number of hydrogen-bond acceptors (Lipinski definition) is 8. The molecule has 1 atom stereocenters. The molecule has 0 radical (unpaired) electrons. The number of Topliss-reactive ketones (excluding diaryl/α,β-unsaturated/α-hetero) is 2. The molecular weight excluding hydrogens is 308 g/mol. The molecule has 0 saturated carbocycles. The summed E-state index contributed by atoms with van der Waals surface area (Å²) in [4.78, 5) is 24.1. The molecular formula is C15H12O8. The van der Waals surface area contributed by atoms with Crippen molar-refractivity contribution < 1.29 is 39.5 Å². The highest BCUT2D eigenvalue weighted by atomic mass is 16.6. The molecule has 4 N–H and O–H groups in total. The maximum absolute atomic E-state index is 12.2. The first-order valence-electron chi connectivity index (χ1n) is 6.51. The zero-order valence-corrected chi connectivity index (χ0v) is 12.1. The minimum absolute atomic E-state index is 0.0627. The lowest BCUT2D eigenvalue weighted by molar-refractivity contribution is -0.114. The van der Waals surface area contributed by atoms with Gasteiger partial charge in [-0.05, 0) is 13.0 Å². The van der Waals surface area contributed by atoms with Crippen LogP contribution in [0.25, 0.3) is 11.8 Å². The third-order valence-corrected chi connectivity index (χ3v) is 3.71. The Bertz CT molecular complexity index is 831. The summed E-state index contributed by atoms with van der Waals surface area (Å²) in [5.74, 6) is -4.85. The molecule has 1 aliphatic heterocycles. The second kappa shape index (κ2) is 4.75. The highest BCUT2D eigenvalue weighted by Gasteiger charge is 2.42. The SMILES string of the molecule is COC1=C(O)c2c(O)c3c(c(O)c2C(=O)C1=O)C=C(C)OC3O. The van der Waals surface area contributed by atoms with E-state index in [4.69, 9.17) is 4.74 Å². The third kappa shape index (κ3) is 1.82. The molecule has 1 heterocycles. The summed E-state index contributed by atoms with van der Waals surface area (Å²) in [5.41, 5.74) is -1.33. The van der Waals surface area contributed by atoms with E-state index in [0.717, 1.165) is 7.11 Å². The van der Waals surface area contributed by atoms with Gasteiger partial charge in [0.05, 0.1) is 29.6 Å².